The van der Waals surface area contributed by atoms with Gasteiger partial charge in [0.2, 0.25) is 11.8 Å². The summed E-state index contributed by atoms with van der Waals surface area (Å²) in [5, 5.41) is 8.65. The Morgan fingerprint density at radius 1 is 1.02 bits per heavy atom. The molecule has 0 saturated carbocycles. The van der Waals surface area contributed by atoms with E-state index in [0.29, 0.717) is 36.3 Å². The number of amides is 4. The Bertz CT molecular complexity index is 1600. The summed E-state index contributed by atoms with van der Waals surface area (Å²) in [5.41, 5.74) is 1.52. The van der Waals surface area contributed by atoms with E-state index in [2.05, 4.69) is 16.0 Å². The van der Waals surface area contributed by atoms with Gasteiger partial charge in [-0.1, -0.05) is 43.6 Å². The molecule has 12 heteroatoms. The number of nitrogens with zero attached hydrogens (tertiary/aromatic N) is 1. The molecular weight excluding hydrogens is 639 g/mol. The number of nitrogens with one attached hydrogen (secondary N) is 3. The summed E-state index contributed by atoms with van der Waals surface area (Å²) in [4.78, 5) is 55.8. The van der Waals surface area contributed by atoms with Crippen LogP contribution in [0, 0.1) is 11.7 Å². The van der Waals surface area contributed by atoms with Gasteiger partial charge in [0.25, 0.3) is 11.8 Å². The zero-order chi connectivity index (χ0) is 34.8. The Balaban J connectivity index is 1.73. The summed E-state index contributed by atoms with van der Waals surface area (Å²) < 4.78 is 25.7. The van der Waals surface area contributed by atoms with Gasteiger partial charge in [-0.15, -0.1) is 0 Å². The number of fused-ring (bicyclic) bond motifs is 2. The predicted octanol–water partition coefficient (Wildman–Crippen LogP) is 4.57. The molecule has 0 aromatic heterocycles. The highest BCUT2D eigenvalue weighted by molar-refractivity contribution is 6.33. The molecule has 0 saturated heterocycles. The van der Waals surface area contributed by atoms with Gasteiger partial charge in [-0.3, -0.25) is 19.2 Å². The van der Waals surface area contributed by atoms with Gasteiger partial charge in [0.05, 0.1) is 31.4 Å². The second-order valence-corrected chi connectivity index (χ2v) is 12.6. The monoisotopic (exact) mass is 680 g/mol. The van der Waals surface area contributed by atoms with Crippen LogP contribution in [0.15, 0.2) is 60.7 Å². The van der Waals surface area contributed by atoms with Crippen molar-refractivity contribution in [1.29, 1.82) is 0 Å². The van der Waals surface area contributed by atoms with Crippen molar-refractivity contribution >= 4 is 35.2 Å². The Morgan fingerprint density at radius 3 is 2.44 bits per heavy atom. The molecule has 4 rings (SSSR count). The third-order valence-corrected chi connectivity index (χ3v) is 8.36. The summed E-state index contributed by atoms with van der Waals surface area (Å²) in [7, 11) is 3.09. The summed E-state index contributed by atoms with van der Waals surface area (Å²) in [6, 6.07) is 14.5. The molecule has 0 radical (unpaired) electrons. The maximum absolute atomic E-state index is 14.9. The SMILES string of the molecule is COc1ccc(C[C@@H]2NC(=O)c3ccc(OC)c(c3)CCCNC(=O)CN(C(=O)c3c(F)cccc3Cl)C[C@H](CC(C)C)NC2=O)cc1. The minimum Gasteiger partial charge on any atom is -0.497 e. The standard InChI is InChI=1S/C36H42ClFN4O6/c1-22(2)17-26-20-42(36(46)33-28(37)8-5-9-29(33)38)21-32(43)39-16-6-7-24-19-25(12-15-31(24)48-4)34(44)41-30(35(45)40-26)18-23-10-13-27(47-3)14-11-23/h5,8-15,19,22,26,30H,6-7,16-18,20-21H2,1-4H3,(H,39,43)(H,40,45)(H,41,44)/t26-,30-/m0/s1. The van der Waals surface area contributed by atoms with Gasteiger partial charge < -0.3 is 30.3 Å². The minimum atomic E-state index is -1.00. The van der Waals surface area contributed by atoms with E-state index in [0.717, 1.165) is 17.2 Å². The first-order valence-electron chi connectivity index (χ1n) is 15.9. The van der Waals surface area contributed by atoms with Gasteiger partial charge in [0.1, 0.15) is 23.4 Å². The quantitative estimate of drug-likeness (QED) is 0.336. The van der Waals surface area contributed by atoms with Crippen LogP contribution in [0.3, 0.4) is 0 Å². The van der Waals surface area contributed by atoms with E-state index >= 15 is 0 Å². The van der Waals surface area contributed by atoms with Crippen LogP contribution in [0.5, 0.6) is 11.5 Å². The fraction of sp³-hybridized carbons (Fsp3) is 0.389. The maximum Gasteiger partial charge on any atom is 0.258 e. The van der Waals surface area contributed by atoms with Crippen molar-refractivity contribution in [2.45, 2.75) is 51.6 Å². The van der Waals surface area contributed by atoms with Crippen LogP contribution < -0.4 is 25.4 Å². The number of carbonyl (C=O) groups excluding carboxylic acids is 4. The molecule has 3 N–H and O–H groups in total. The lowest BCUT2D eigenvalue weighted by Gasteiger charge is -2.30. The highest BCUT2D eigenvalue weighted by Gasteiger charge is 2.30. The molecule has 0 fully saturated rings. The number of methoxy groups -OCH3 is 2. The summed E-state index contributed by atoms with van der Waals surface area (Å²) in [5.74, 6) is -1.69. The number of hydrogen-bond donors (Lipinski definition) is 3. The van der Waals surface area contributed by atoms with E-state index in [1.807, 2.05) is 26.0 Å². The summed E-state index contributed by atoms with van der Waals surface area (Å²) in [6.07, 6.45) is 1.57. The molecule has 2 atom stereocenters. The fourth-order valence-corrected chi connectivity index (χ4v) is 5.94. The molecule has 1 aliphatic heterocycles. The molecule has 1 heterocycles. The zero-order valence-electron chi connectivity index (χ0n) is 27.6. The van der Waals surface area contributed by atoms with Crippen molar-refractivity contribution in [1.82, 2.24) is 20.9 Å². The second kappa shape index (κ2) is 17.0. The van der Waals surface area contributed by atoms with Crippen molar-refractivity contribution in [2.24, 2.45) is 5.92 Å². The van der Waals surface area contributed by atoms with E-state index in [-0.39, 0.29) is 36.0 Å². The Hall–Kier alpha value is -4.64. The molecular formula is C36H42ClFN4O6. The third-order valence-electron chi connectivity index (χ3n) is 8.05. The van der Waals surface area contributed by atoms with E-state index in [1.165, 1.54) is 24.1 Å². The van der Waals surface area contributed by atoms with Gasteiger partial charge in [0, 0.05) is 31.1 Å². The molecule has 2 bridgehead atoms. The first kappa shape index (κ1) is 36.2. The average molecular weight is 681 g/mol. The molecule has 10 nitrogen and oxygen atoms in total. The van der Waals surface area contributed by atoms with E-state index < -0.39 is 48.1 Å². The highest BCUT2D eigenvalue weighted by Crippen LogP contribution is 2.23. The molecule has 256 valence electrons. The zero-order valence-corrected chi connectivity index (χ0v) is 28.4. The maximum atomic E-state index is 14.9. The molecule has 0 unspecified atom stereocenters. The van der Waals surface area contributed by atoms with Gasteiger partial charge in [-0.25, -0.2) is 4.39 Å². The minimum absolute atomic E-state index is 0.0691. The predicted molar refractivity (Wildman–Crippen MR) is 181 cm³/mol. The van der Waals surface area contributed by atoms with Crippen LogP contribution in [0.1, 0.15) is 58.5 Å². The average Bonchev–Trinajstić information content (AvgIpc) is 3.05. The van der Waals surface area contributed by atoms with Crippen LogP contribution in [-0.4, -0.2) is 74.5 Å². The van der Waals surface area contributed by atoms with Crippen LogP contribution in [-0.2, 0) is 22.4 Å². The lowest BCUT2D eigenvalue weighted by Crippen LogP contribution is -2.54. The molecule has 0 aliphatic carbocycles. The molecule has 3 aromatic rings. The fourth-order valence-electron chi connectivity index (χ4n) is 5.69. The Kier molecular flexibility index (Phi) is 12.8. The number of carbonyl (C=O) groups is 4. The first-order chi connectivity index (χ1) is 23.0. The molecule has 1 aliphatic rings. The number of benzene rings is 3. The van der Waals surface area contributed by atoms with E-state index in [1.54, 1.807) is 37.4 Å². The Morgan fingerprint density at radius 2 is 1.77 bits per heavy atom. The topological polar surface area (TPSA) is 126 Å². The lowest BCUT2D eigenvalue weighted by molar-refractivity contribution is -0.123. The van der Waals surface area contributed by atoms with Crippen molar-refractivity contribution in [3.05, 3.63) is 93.8 Å². The molecule has 48 heavy (non-hydrogen) atoms. The molecule has 4 amide bonds. The van der Waals surface area contributed by atoms with Crippen molar-refractivity contribution < 1.29 is 33.0 Å². The Labute approximate surface area is 285 Å². The molecule has 3 aromatic carbocycles. The van der Waals surface area contributed by atoms with Crippen LogP contribution in [0.25, 0.3) is 0 Å². The lowest BCUT2D eigenvalue weighted by atomic mass is 10.00. The number of hydrogen-bond acceptors (Lipinski definition) is 6. The van der Waals surface area contributed by atoms with Gasteiger partial charge in [-0.05, 0) is 78.8 Å². The highest BCUT2D eigenvalue weighted by atomic mass is 35.5. The summed E-state index contributed by atoms with van der Waals surface area (Å²) in [6.45, 7) is 3.69. The first-order valence-corrected chi connectivity index (χ1v) is 16.3. The van der Waals surface area contributed by atoms with Crippen molar-refractivity contribution in [2.75, 3.05) is 33.9 Å². The van der Waals surface area contributed by atoms with Crippen molar-refractivity contribution in [3.8, 4) is 11.5 Å². The summed E-state index contributed by atoms with van der Waals surface area (Å²) >= 11 is 6.26. The molecule has 0 spiro atoms. The second-order valence-electron chi connectivity index (χ2n) is 12.2. The van der Waals surface area contributed by atoms with Gasteiger partial charge in [-0.2, -0.15) is 0 Å². The van der Waals surface area contributed by atoms with Crippen LogP contribution >= 0.6 is 11.6 Å². The number of ether oxygens (including phenoxy) is 2. The largest absolute Gasteiger partial charge is 0.497 e. The van der Waals surface area contributed by atoms with Crippen LogP contribution in [0.2, 0.25) is 5.02 Å². The smallest absolute Gasteiger partial charge is 0.258 e. The van der Waals surface area contributed by atoms with Crippen LogP contribution in [0.4, 0.5) is 4.39 Å². The number of aryl methyl sites for hydroxylation is 1. The number of rotatable bonds is 7. The number of halogens is 2. The normalized spacial score (nSPS) is 18.0. The van der Waals surface area contributed by atoms with E-state index in [4.69, 9.17) is 21.1 Å². The van der Waals surface area contributed by atoms with Gasteiger partial charge >= 0.3 is 0 Å². The van der Waals surface area contributed by atoms with E-state index in [9.17, 15) is 23.6 Å². The third kappa shape index (κ3) is 9.70. The van der Waals surface area contributed by atoms with Gasteiger partial charge in [0.15, 0.2) is 0 Å². The van der Waals surface area contributed by atoms with Crippen molar-refractivity contribution in [3.63, 3.8) is 0 Å².